The predicted molar refractivity (Wildman–Crippen MR) is 250 cm³/mol. The lowest BCUT2D eigenvalue weighted by Gasteiger charge is -2.46. The molecule has 0 N–H and O–H groups in total. The van der Waals surface area contributed by atoms with E-state index < -0.39 is 17.9 Å². The van der Waals surface area contributed by atoms with Gasteiger partial charge in [0, 0.05) is 48.8 Å². The number of likely N-dealkylation sites (tertiary alicyclic amines) is 1. The van der Waals surface area contributed by atoms with Gasteiger partial charge in [-0.15, -0.1) is 0 Å². The molecule has 2 aliphatic carbocycles. The topological polar surface area (TPSA) is 152 Å². The van der Waals surface area contributed by atoms with Gasteiger partial charge in [-0.05, 0) is 123 Å². The Morgan fingerprint density at radius 3 is 1.31 bits per heavy atom. The van der Waals surface area contributed by atoms with Gasteiger partial charge >= 0.3 is 29.8 Å². The fraction of sp³-hybridized carbons (Fsp3) is 0.434. The van der Waals surface area contributed by atoms with Gasteiger partial charge in [0.2, 0.25) is 5.91 Å². The van der Waals surface area contributed by atoms with Crippen LogP contribution < -0.4 is 9.47 Å². The highest BCUT2D eigenvalue weighted by Crippen LogP contribution is 2.49. The van der Waals surface area contributed by atoms with Crippen molar-refractivity contribution in [2.45, 2.75) is 110 Å². The number of nitrogens with zero attached hydrogens (tertiary/aromatic N) is 1. The summed E-state index contributed by atoms with van der Waals surface area (Å²) in [7, 11) is 0. The maximum atomic E-state index is 11.4. The van der Waals surface area contributed by atoms with Gasteiger partial charge in [-0.1, -0.05) is 91.4 Å². The Bertz CT molecular complexity index is 1890. The van der Waals surface area contributed by atoms with Crippen LogP contribution in [0.1, 0.15) is 103 Å². The molecule has 1 amide bonds. The predicted octanol–water partition coefficient (Wildman–Crippen LogP) is 9.88. The molecule has 0 aromatic heterocycles. The van der Waals surface area contributed by atoms with Crippen LogP contribution in [-0.2, 0) is 48.4 Å². The van der Waals surface area contributed by atoms with E-state index in [1.54, 1.807) is 29.2 Å². The van der Waals surface area contributed by atoms with Crippen LogP contribution >= 0.6 is 0 Å². The molecule has 12 nitrogen and oxygen atoms in total. The van der Waals surface area contributed by atoms with E-state index in [9.17, 15) is 28.8 Å². The number of ether oxygens (including phenoxy) is 5. The van der Waals surface area contributed by atoms with Gasteiger partial charge in [-0.2, -0.15) is 0 Å². The molecule has 3 fully saturated rings. The summed E-state index contributed by atoms with van der Waals surface area (Å²) in [4.78, 5) is 68.8. The zero-order chi connectivity index (χ0) is 48.2. The number of benzene rings is 2. The number of carbonyl (C=O) groups is 6. The van der Waals surface area contributed by atoms with Crippen molar-refractivity contribution in [2.24, 2.45) is 23.2 Å². The molecule has 1 unspecified atom stereocenters. The van der Waals surface area contributed by atoms with Gasteiger partial charge in [-0.3, -0.25) is 4.79 Å². The van der Waals surface area contributed by atoms with E-state index in [0.29, 0.717) is 49.3 Å². The Labute approximate surface area is 385 Å². The van der Waals surface area contributed by atoms with Gasteiger partial charge in [0.25, 0.3) is 0 Å². The van der Waals surface area contributed by atoms with E-state index >= 15 is 0 Å². The lowest BCUT2D eigenvalue weighted by Crippen LogP contribution is -2.39. The molecule has 1 atom stereocenters. The minimum atomic E-state index is -0.489. The van der Waals surface area contributed by atoms with Crippen molar-refractivity contribution in [3.05, 3.63) is 136 Å². The molecule has 1 heterocycles. The smallest absolute Gasteiger partial charge is 0.335 e. The van der Waals surface area contributed by atoms with Crippen LogP contribution in [0.15, 0.2) is 125 Å². The van der Waals surface area contributed by atoms with Crippen molar-refractivity contribution in [3.63, 3.8) is 0 Å². The second kappa shape index (κ2) is 25.9. The summed E-state index contributed by atoms with van der Waals surface area (Å²) in [6, 6.07) is 14.7. The third-order valence-electron chi connectivity index (χ3n) is 12.7. The van der Waals surface area contributed by atoms with E-state index in [2.05, 4.69) is 67.2 Å². The van der Waals surface area contributed by atoms with Crippen LogP contribution in [0.3, 0.4) is 0 Å². The largest absolute Gasteiger partial charge is 0.463 e. The highest BCUT2D eigenvalue weighted by atomic mass is 16.6. The fourth-order valence-electron chi connectivity index (χ4n) is 8.53. The number of amides is 1. The van der Waals surface area contributed by atoms with E-state index in [-0.39, 0.29) is 46.8 Å². The number of rotatable bonds is 17. The minimum absolute atomic E-state index is 0.0478. The average molecular weight is 894 g/mol. The van der Waals surface area contributed by atoms with Crippen LogP contribution in [0.25, 0.3) is 0 Å². The Kier molecular flexibility index (Phi) is 21.1. The van der Waals surface area contributed by atoms with Crippen molar-refractivity contribution in [1.29, 1.82) is 0 Å². The summed E-state index contributed by atoms with van der Waals surface area (Å²) in [5, 5.41) is 0. The molecule has 12 heteroatoms. The molecule has 2 saturated carbocycles. The molecule has 2 aromatic rings. The number of hydrogen-bond donors (Lipinski definition) is 0. The summed E-state index contributed by atoms with van der Waals surface area (Å²) >= 11 is 0. The number of esters is 5. The normalized spacial score (nSPS) is 20.3. The maximum Gasteiger partial charge on any atom is 0.335 e. The van der Waals surface area contributed by atoms with E-state index in [4.69, 9.17) is 23.7 Å². The molecule has 350 valence electrons. The lowest BCUT2D eigenvalue weighted by molar-refractivity contribution is -0.146. The van der Waals surface area contributed by atoms with Crippen LogP contribution in [-0.4, -0.2) is 66.0 Å². The summed E-state index contributed by atoms with van der Waals surface area (Å²) in [5.74, 6) is 0.579. The summed E-state index contributed by atoms with van der Waals surface area (Å²) in [5.41, 5.74) is 2.10. The Morgan fingerprint density at radius 2 is 0.969 bits per heavy atom. The Hall–Kier alpha value is -6.30. The molecular formula is C53H67NO11. The SMILES string of the molecule is C=CC(=O)OC1CCC(C(C)(C)C2CCC(OC(=O)C=C)CC2)CC1.C=CC(=O)OCCC1CC(=O)N(C=C)C1.C=CC(=O)Oc1ccc(C(C)(C)c2ccc(OC(=O)C=C)cc2)cc1. The molecule has 2 aromatic carbocycles. The monoisotopic (exact) mass is 893 g/mol. The second-order valence-corrected chi connectivity index (χ2v) is 17.4. The summed E-state index contributed by atoms with van der Waals surface area (Å²) < 4.78 is 25.8. The molecule has 3 aliphatic rings. The zero-order valence-corrected chi connectivity index (χ0v) is 38.6. The van der Waals surface area contributed by atoms with Crippen molar-refractivity contribution in [3.8, 4) is 11.5 Å². The zero-order valence-electron chi connectivity index (χ0n) is 38.6. The van der Waals surface area contributed by atoms with Crippen molar-refractivity contribution in [2.75, 3.05) is 13.2 Å². The third-order valence-corrected chi connectivity index (χ3v) is 12.7. The highest BCUT2D eigenvalue weighted by Gasteiger charge is 2.41. The first kappa shape index (κ1) is 53.0. The third kappa shape index (κ3) is 16.6. The molecule has 0 bridgehead atoms. The quantitative estimate of drug-likeness (QED) is 0.0646. The van der Waals surface area contributed by atoms with Crippen LogP contribution in [0.2, 0.25) is 0 Å². The maximum absolute atomic E-state index is 11.4. The minimum Gasteiger partial charge on any atom is -0.463 e. The Balaban J connectivity index is 0.000000268. The molecule has 5 rings (SSSR count). The molecular weight excluding hydrogens is 827 g/mol. The first-order valence-electron chi connectivity index (χ1n) is 22.2. The lowest BCUT2D eigenvalue weighted by atomic mass is 9.60. The first-order chi connectivity index (χ1) is 30.9. The van der Waals surface area contributed by atoms with E-state index in [1.807, 2.05) is 24.3 Å². The fourth-order valence-corrected chi connectivity index (χ4v) is 8.53. The van der Waals surface area contributed by atoms with Crippen molar-refractivity contribution >= 4 is 35.8 Å². The standard InChI is InChI=1S/C21H32O4.C21H20O4.C11H15NO3/c2*1-5-19(22)24-17-11-7-15(8-12-17)21(3,4)16-9-13-18(14-10-16)25-20(23)6-2;1-3-11(14)15-6-5-9-7-10(13)12(4-2)8-9/h5-6,15-18H,1-2,7-14H2,3-4H3;5-14H,1-2H2,3-4H3;3-4,9H,1-2,5-8H2. The van der Waals surface area contributed by atoms with Gasteiger partial charge in [0.1, 0.15) is 23.7 Å². The molecule has 0 spiro atoms. The molecule has 1 aliphatic heterocycles. The van der Waals surface area contributed by atoms with Crippen molar-refractivity contribution in [1.82, 2.24) is 4.90 Å². The van der Waals surface area contributed by atoms with E-state index in [0.717, 1.165) is 80.7 Å². The number of hydrogen-bond acceptors (Lipinski definition) is 11. The summed E-state index contributed by atoms with van der Waals surface area (Å²) in [6.45, 7) is 30.5. The van der Waals surface area contributed by atoms with Crippen LogP contribution in [0.4, 0.5) is 0 Å². The Morgan fingerprint density at radius 1 is 0.585 bits per heavy atom. The van der Waals surface area contributed by atoms with Gasteiger partial charge < -0.3 is 28.6 Å². The van der Waals surface area contributed by atoms with Gasteiger partial charge in [-0.25, -0.2) is 24.0 Å². The second-order valence-electron chi connectivity index (χ2n) is 17.4. The van der Waals surface area contributed by atoms with Crippen molar-refractivity contribution < 1.29 is 52.5 Å². The van der Waals surface area contributed by atoms with Crippen LogP contribution in [0, 0.1) is 23.2 Å². The van der Waals surface area contributed by atoms with Crippen LogP contribution in [0.5, 0.6) is 11.5 Å². The number of carbonyl (C=O) groups excluding carboxylic acids is 6. The first-order valence-corrected chi connectivity index (χ1v) is 22.2. The molecule has 65 heavy (non-hydrogen) atoms. The highest BCUT2D eigenvalue weighted by molar-refractivity contribution is 5.84. The van der Waals surface area contributed by atoms with Gasteiger partial charge in [0.15, 0.2) is 0 Å². The molecule has 1 saturated heterocycles. The summed E-state index contributed by atoms with van der Waals surface area (Å²) in [6.07, 6.45) is 16.9. The molecule has 0 radical (unpaired) electrons. The van der Waals surface area contributed by atoms with E-state index in [1.165, 1.54) is 18.4 Å². The van der Waals surface area contributed by atoms with Gasteiger partial charge in [0.05, 0.1) is 6.61 Å². The average Bonchev–Trinajstić information content (AvgIpc) is 3.68.